The van der Waals surface area contributed by atoms with Gasteiger partial charge in [-0.1, -0.05) is 22.9 Å². The van der Waals surface area contributed by atoms with Gasteiger partial charge in [0.15, 0.2) is 6.61 Å². The average molecular weight is 417 g/mol. The predicted molar refractivity (Wildman–Crippen MR) is 110 cm³/mol. The Morgan fingerprint density at radius 3 is 2.54 bits per heavy atom. The number of hydrogen-bond acceptors (Lipinski definition) is 3. The fraction of sp³-hybridized carbons (Fsp3) is 0.381. The zero-order valence-corrected chi connectivity index (χ0v) is 16.7. The lowest BCUT2D eigenvalue weighted by molar-refractivity contribution is -0.118. The fourth-order valence-electron chi connectivity index (χ4n) is 3.21. The second-order valence-corrected chi connectivity index (χ2v) is 7.45. The normalized spacial score (nSPS) is 14.2. The lowest BCUT2D eigenvalue weighted by atomic mass is 10.1. The van der Waals surface area contributed by atoms with E-state index in [9.17, 15) is 4.79 Å². The lowest BCUT2D eigenvalue weighted by Gasteiger charge is -2.28. The van der Waals surface area contributed by atoms with Crippen molar-refractivity contribution in [3.05, 3.63) is 52.5 Å². The summed E-state index contributed by atoms with van der Waals surface area (Å²) in [7, 11) is 0. The van der Waals surface area contributed by atoms with E-state index in [2.05, 4.69) is 45.2 Å². The Balaban J connectivity index is 1.53. The van der Waals surface area contributed by atoms with E-state index < -0.39 is 0 Å². The molecule has 1 aliphatic rings. The number of anilines is 2. The van der Waals surface area contributed by atoms with Crippen molar-refractivity contribution in [2.24, 2.45) is 0 Å². The molecule has 2 aromatic carbocycles. The summed E-state index contributed by atoms with van der Waals surface area (Å²) in [5, 5.41) is 2.90. The first kappa shape index (κ1) is 18.8. The predicted octanol–water partition coefficient (Wildman–Crippen LogP) is 5.02. The van der Waals surface area contributed by atoms with Crippen LogP contribution in [0.2, 0.25) is 0 Å². The van der Waals surface area contributed by atoms with Crippen molar-refractivity contribution in [2.45, 2.75) is 32.6 Å². The van der Waals surface area contributed by atoms with Gasteiger partial charge in [0.25, 0.3) is 5.91 Å². The van der Waals surface area contributed by atoms with E-state index in [0.717, 1.165) is 41.0 Å². The number of nitrogens with one attached hydrogen (secondary N) is 1. The molecule has 0 unspecified atom stereocenters. The molecule has 5 heteroatoms. The van der Waals surface area contributed by atoms with E-state index in [-0.39, 0.29) is 12.5 Å². The maximum absolute atomic E-state index is 12.2. The molecule has 0 radical (unpaired) electrons. The number of aryl methyl sites for hydroxylation is 1. The molecule has 0 aliphatic carbocycles. The summed E-state index contributed by atoms with van der Waals surface area (Å²) < 4.78 is 6.71. The second kappa shape index (κ2) is 9.08. The van der Waals surface area contributed by atoms with Crippen molar-refractivity contribution < 1.29 is 9.53 Å². The van der Waals surface area contributed by atoms with Crippen LogP contribution in [0.25, 0.3) is 0 Å². The Morgan fingerprint density at radius 1 is 1.12 bits per heavy atom. The van der Waals surface area contributed by atoms with Gasteiger partial charge in [-0.15, -0.1) is 0 Å². The topological polar surface area (TPSA) is 41.6 Å². The van der Waals surface area contributed by atoms with Crippen molar-refractivity contribution in [2.75, 3.05) is 29.9 Å². The van der Waals surface area contributed by atoms with Gasteiger partial charge in [0.2, 0.25) is 0 Å². The summed E-state index contributed by atoms with van der Waals surface area (Å²) in [5.41, 5.74) is 3.10. The largest absolute Gasteiger partial charge is 0.483 e. The van der Waals surface area contributed by atoms with Gasteiger partial charge in [-0.25, -0.2) is 0 Å². The third kappa shape index (κ3) is 5.01. The number of halogens is 1. The molecule has 1 fully saturated rings. The molecule has 1 heterocycles. The van der Waals surface area contributed by atoms with E-state index in [4.69, 9.17) is 4.74 Å². The van der Waals surface area contributed by atoms with Crippen molar-refractivity contribution in [3.8, 4) is 5.75 Å². The van der Waals surface area contributed by atoms with E-state index in [1.807, 2.05) is 30.3 Å². The molecule has 1 saturated heterocycles. The van der Waals surface area contributed by atoms with Crippen LogP contribution in [0, 0.1) is 0 Å². The Labute approximate surface area is 163 Å². The first-order valence-electron chi connectivity index (χ1n) is 9.22. The smallest absolute Gasteiger partial charge is 0.262 e. The number of carbonyl (C=O) groups is 1. The third-order valence-corrected chi connectivity index (χ3v) is 5.13. The van der Waals surface area contributed by atoms with Crippen LogP contribution in [0.1, 0.15) is 31.7 Å². The van der Waals surface area contributed by atoms with Gasteiger partial charge in [-0.3, -0.25) is 4.79 Å². The summed E-state index contributed by atoms with van der Waals surface area (Å²) >= 11 is 3.46. The first-order valence-corrected chi connectivity index (χ1v) is 10.0. The Kier molecular flexibility index (Phi) is 6.56. The van der Waals surface area contributed by atoms with Crippen LogP contribution in [0.15, 0.2) is 46.9 Å². The van der Waals surface area contributed by atoms with E-state index in [1.54, 1.807) is 0 Å². The minimum Gasteiger partial charge on any atom is -0.483 e. The number of hydrogen-bond donors (Lipinski definition) is 1. The molecule has 26 heavy (non-hydrogen) atoms. The average Bonchev–Trinajstić information content (AvgIpc) is 2.68. The number of ether oxygens (including phenoxy) is 1. The number of carbonyl (C=O) groups excluding carboxylic acids is 1. The molecule has 4 nitrogen and oxygen atoms in total. The molecular weight excluding hydrogens is 392 g/mol. The van der Waals surface area contributed by atoms with E-state index in [1.165, 1.54) is 24.9 Å². The number of benzene rings is 2. The minimum atomic E-state index is -0.152. The number of nitrogens with zero attached hydrogens (tertiary/aromatic N) is 1. The molecule has 0 atom stereocenters. The summed E-state index contributed by atoms with van der Waals surface area (Å²) in [5.74, 6) is 0.604. The molecule has 138 valence electrons. The number of rotatable bonds is 6. The monoisotopic (exact) mass is 416 g/mol. The molecule has 1 amide bonds. The van der Waals surface area contributed by atoms with Crippen molar-refractivity contribution in [3.63, 3.8) is 0 Å². The minimum absolute atomic E-state index is 0.00249. The van der Waals surface area contributed by atoms with Crippen LogP contribution in [0.5, 0.6) is 5.75 Å². The highest BCUT2D eigenvalue weighted by molar-refractivity contribution is 9.10. The SMILES string of the molecule is CCc1cc(Br)ccc1OCC(=O)Nc1ccc(N2CCCCC2)cc1. The van der Waals surface area contributed by atoms with Gasteiger partial charge >= 0.3 is 0 Å². The van der Waals surface area contributed by atoms with E-state index in [0.29, 0.717) is 0 Å². The van der Waals surface area contributed by atoms with Crippen LogP contribution in [-0.4, -0.2) is 25.6 Å². The Hall–Kier alpha value is -2.01. The van der Waals surface area contributed by atoms with Crippen LogP contribution in [-0.2, 0) is 11.2 Å². The molecule has 2 aromatic rings. The van der Waals surface area contributed by atoms with Crippen LogP contribution in [0.4, 0.5) is 11.4 Å². The molecule has 0 spiro atoms. The molecular formula is C21H25BrN2O2. The molecule has 1 N–H and O–H groups in total. The quantitative estimate of drug-likeness (QED) is 0.718. The zero-order valence-electron chi connectivity index (χ0n) is 15.1. The van der Waals surface area contributed by atoms with Gasteiger partial charge < -0.3 is 15.0 Å². The maximum Gasteiger partial charge on any atom is 0.262 e. The highest BCUT2D eigenvalue weighted by atomic mass is 79.9. The lowest BCUT2D eigenvalue weighted by Crippen LogP contribution is -2.29. The van der Waals surface area contributed by atoms with Crippen LogP contribution >= 0.6 is 15.9 Å². The summed E-state index contributed by atoms with van der Waals surface area (Å²) in [6.45, 7) is 4.31. The maximum atomic E-state index is 12.2. The zero-order chi connectivity index (χ0) is 18.4. The summed E-state index contributed by atoms with van der Waals surface area (Å²) in [6.07, 6.45) is 4.69. The van der Waals surface area contributed by atoms with Crippen LogP contribution < -0.4 is 15.0 Å². The van der Waals surface area contributed by atoms with Gasteiger partial charge in [0, 0.05) is 28.9 Å². The fourth-order valence-corrected chi connectivity index (χ4v) is 3.62. The van der Waals surface area contributed by atoms with Gasteiger partial charge in [0.1, 0.15) is 5.75 Å². The standard InChI is InChI=1S/C21H25BrN2O2/c1-2-16-14-17(22)6-11-20(16)26-15-21(25)23-18-7-9-19(10-8-18)24-12-4-3-5-13-24/h6-11,14H,2-5,12-13,15H2,1H3,(H,23,25). The number of piperidine rings is 1. The summed E-state index contributed by atoms with van der Waals surface area (Å²) in [6, 6.07) is 13.9. The second-order valence-electron chi connectivity index (χ2n) is 6.54. The van der Waals surface area contributed by atoms with Crippen LogP contribution in [0.3, 0.4) is 0 Å². The summed E-state index contributed by atoms with van der Waals surface area (Å²) in [4.78, 5) is 14.6. The highest BCUT2D eigenvalue weighted by Gasteiger charge is 2.11. The van der Waals surface area contributed by atoms with Crippen molar-refractivity contribution in [1.82, 2.24) is 0 Å². The van der Waals surface area contributed by atoms with Gasteiger partial charge in [0.05, 0.1) is 0 Å². The molecule has 3 rings (SSSR count). The Bertz CT molecular complexity index is 740. The third-order valence-electron chi connectivity index (χ3n) is 4.63. The molecule has 1 aliphatic heterocycles. The van der Waals surface area contributed by atoms with Crippen molar-refractivity contribution in [1.29, 1.82) is 0 Å². The number of amides is 1. The van der Waals surface area contributed by atoms with Gasteiger partial charge in [-0.2, -0.15) is 0 Å². The molecule has 0 saturated carbocycles. The van der Waals surface area contributed by atoms with Gasteiger partial charge in [-0.05, 0) is 73.7 Å². The molecule has 0 aromatic heterocycles. The van der Waals surface area contributed by atoms with E-state index >= 15 is 0 Å². The molecule has 0 bridgehead atoms. The van der Waals surface area contributed by atoms with Crippen molar-refractivity contribution >= 4 is 33.2 Å². The Morgan fingerprint density at radius 2 is 1.85 bits per heavy atom. The first-order chi connectivity index (χ1) is 12.7. The highest BCUT2D eigenvalue weighted by Crippen LogP contribution is 2.24.